The van der Waals surface area contributed by atoms with E-state index in [1.165, 1.54) is 0 Å². The third-order valence-corrected chi connectivity index (χ3v) is 4.40. The third-order valence-electron chi connectivity index (χ3n) is 3.61. The van der Waals surface area contributed by atoms with Crippen LogP contribution >= 0.6 is 11.8 Å². The molecule has 128 valence electrons. The maximum Gasteiger partial charge on any atom is 0.288 e. The first-order valence-corrected chi connectivity index (χ1v) is 8.63. The summed E-state index contributed by atoms with van der Waals surface area (Å²) in [4.78, 5) is 14.9. The van der Waals surface area contributed by atoms with Gasteiger partial charge in [0.05, 0.1) is 5.69 Å². The van der Waals surface area contributed by atoms with E-state index in [-0.39, 0.29) is 5.91 Å². The molecule has 0 bridgehead atoms. The topological polar surface area (TPSA) is 32.3 Å². The number of anilines is 2. The quantitative estimate of drug-likeness (QED) is 0.705. The van der Waals surface area contributed by atoms with Crippen molar-refractivity contribution >= 4 is 29.0 Å². The minimum Gasteiger partial charge on any atom is -0.372 e. The molecule has 0 atom stereocenters. The number of amides is 1. The number of nitrogens with zero attached hydrogens (tertiary/aromatic N) is 1. The van der Waals surface area contributed by atoms with E-state index in [1.807, 2.05) is 12.1 Å². The van der Waals surface area contributed by atoms with Gasteiger partial charge in [0, 0.05) is 29.2 Å². The summed E-state index contributed by atoms with van der Waals surface area (Å²) in [6.07, 6.45) is 0. The Kier molecular flexibility index (Phi) is 6.61. The molecule has 0 aromatic heterocycles. The lowest BCUT2D eigenvalue weighted by atomic mass is 10.1. The van der Waals surface area contributed by atoms with Crippen LogP contribution in [0.15, 0.2) is 53.4 Å². The number of thioether (sulfide) groups is 1. The normalized spacial score (nSPS) is 10.7. The van der Waals surface area contributed by atoms with Crippen LogP contribution in [0, 0.1) is 0 Å². The minimum absolute atomic E-state index is 0.316. The number of carbonyl (C=O) groups is 1. The van der Waals surface area contributed by atoms with Crippen molar-refractivity contribution in [2.45, 2.75) is 24.5 Å². The summed E-state index contributed by atoms with van der Waals surface area (Å²) < 4.78 is 25.2. The summed E-state index contributed by atoms with van der Waals surface area (Å²) >= 11 is 0.420. The Morgan fingerprint density at radius 2 is 1.71 bits per heavy atom. The monoisotopic (exact) mass is 350 g/mol. The molecule has 0 aliphatic heterocycles. The largest absolute Gasteiger partial charge is 0.372 e. The van der Waals surface area contributed by atoms with Crippen LogP contribution in [0.25, 0.3) is 0 Å². The van der Waals surface area contributed by atoms with Gasteiger partial charge in [0.25, 0.3) is 11.7 Å². The van der Waals surface area contributed by atoms with Gasteiger partial charge < -0.3 is 10.2 Å². The molecular formula is C18H20F2N2OS. The highest BCUT2D eigenvalue weighted by Gasteiger charge is 2.13. The van der Waals surface area contributed by atoms with Crippen molar-refractivity contribution in [3.63, 3.8) is 0 Å². The van der Waals surface area contributed by atoms with Crippen LogP contribution in [0.1, 0.15) is 24.2 Å². The number of benzene rings is 2. The lowest BCUT2D eigenvalue weighted by molar-refractivity contribution is 0.102. The summed E-state index contributed by atoms with van der Waals surface area (Å²) in [6, 6.07) is 13.8. The van der Waals surface area contributed by atoms with Crippen LogP contribution < -0.4 is 10.2 Å². The Bertz CT molecular complexity index is 673. The fourth-order valence-electron chi connectivity index (χ4n) is 2.38. The molecule has 0 aliphatic carbocycles. The average Bonchev–Trinajstić information content (AvgIpc) is 2.58. The summed E-state index contributed by atoms with van der Waals surface area (Å²) in [7, 11) is 0. The smallest absolute Gasteiger partial charge is 0.288 e. The highest BCUT2D eigenvalue weighted by Crippen LogP contribution is 2.31. The molecular weight excluding hydrogens is 330 g/mol. The first-order chi connectivity index (χ1) is 11.5. The number of alkyl halides is 2. The SMILES string of the molecule is CCN(CC)c1ccc(C(=O)Nc2ccccc2SC(F)F)cc1. The number of nitrogens with one attached hydrogen (secondary N) is 1. The Balaban J connectivity index is 2.13. The van der Waals surface area contributed by atoms with Crippen LogP contribution in [-0.4, -0.2) is 24.8 Å². The summed E-state index contributed by atoms with van der Waals surface area (Å²) in [5.74, 6) is -2.85. The van der Waals surface area contributed by atoms with Crippen molar-refractivity contribution in [3.05, 3.63) is 54.1 Å². The van der Waals surface area contributed by atoms with Gasteiger partial charge in [0.15, 0.2) is 0 Å². The van der Waals surface area contributed by atoms with E-state index in [0.29, 0.717) is 27.9 Å². The van der Waals surface area contributed by atoms with Crippen molar-refractivity contribution in [2.24, 2.45) is 0 Å². The zero-order valence-electron chi connectivity index (χ0n) is 13.6. The van der Waals surface area contributed by atoms with Gasteiger partial charge in [-0.3, -0.25) is 4.79 Å². The van der Waals surface area contributed by atoms with E-state index in [1.54, 1.807) is 36.4 Å². The lowest BCUT2D eigenvalue weighted by Crippen LogP contribution is -2.21. The van der Waals surface area contributed by atoms with Crippen molar-refractivity contribution in [3.8, 4) is 0 Å². The highest BCUT2D eigenvalue weighted by atomic mass is 32.2. The zero-order valence-corrected chi connectivity index (χ0v) is 14.4. The lowest BCUT2D eigenvalue weighted by Gasteiger charge is -2.21. The standard InChI is InChI=1S/C18H20F2N2OS/c1-3-22(4-2)14-11-9-13(10-12-14)17(23)21-15-7-5-6-8-16(15)24-18(19)20/h5-12,18H,3-4H2,1-2H3,(H,21,23). The van der Waals surface area contributed by atoms with Gasteiger partial charge in [-0.25, -0.2) is 0 Å². The number of rotatable bonds is 7. The van der Waals surface area contributed by atoms with E-state index >= 15 is 0 Å². The molecule has 1 amide bonds. The molecule has 1 N–H and O–H groups in total. The second kappa shape index (κ2) is 8.68. The van der Waals surface area contributed by atoms with E-state index in [0.717, 1.165) is 18.8 Å². The molecule has 0 heterocycles. The number of hydrogen-bond acceptors (Lipinski definition) is 3. The molecule has 24 heavy (non-hydrogen) atoms. The maximum absolute atomic E-state index is 12.6. The maximum atomic E-state index is 12.6. The second-order valence-corrected chi connectivity index (χ2v) is 6.08. The third kappa shape index (κ3) is 4.71. The molecule has 6 heteroatoms. The molecule has 2 rings (SSSR count). The molecule has 0 radical (unpaired) electrons. The molecule has 2 aromatic rings. The first kappa shape index (κ1) is 18.3. The Morgan fingerprint density at radius 3 is 2.29 bits per heavy atom. The average molecular weight is 350 g/mol. The van der Waals surface area contributed by atoms with E-state index in [9.17, 15) is 13.6 Å². The fourth-order valence-corrected chi connectivity index (χ4v) is 2.97. The van der Waals surface area contributed by atoms with Crippen molar-refractivity contribution < 1.29 is 13.6 Å². The highest BCUT2D eigenvalue weighted by molar-refractivity contribution is 7.99. The molecule has 3 nitrogen and oxygen atoms in total. The predicted molar refractivity (Wildman–Crippen MR) is 96.3 cm³/mol. The molecule has 0 fully saturated rings. The summed E-state index contributed by atoms with van der Waals surface area (Å²) in [5.41, 5.74) is 1.92. The molecule has 0 spiro atoms. The van der Waals surface area contributed by atoms with Gasteiger partial charge in [-0.2, -0.15) is 8.78 Å². The molecule has 2 aromatic carbocycles. The number of carbonyl (C=O) groups excluding carboxylic acids is 1. The summed E-state index contributed by atoms with van der Waals surface area (Å²) in [6.45, 7) is 5.92. The van der Waals surface area contributed by atoms with Crippen LogP contribution in [0.2, 0.25) is 0 Å². The molecule has 0 saturated carbocycles. The van der Waals surface area contributed by atoms with Gasteiger partial charge in [0.2, 0.25) is 0 Å². The van der Waals surface area contributed by atoms with Crippen LogP contribution in [-0.2, 0) is 0 Å². The van der Waals surface area contributed by atoms with Gasteiger partial charge in [-0.05, 0) is 50.2 Å². The van der Waals surface area contributed by atoms with Crippen LogP contribution in [0.5, 0.6) is 0 Å². The van der Waals surface area contributed by atoms with Crippen molar-refractivity contribution in [2.75, 3.05) is 23.3 Å². The van der Waals surface area contributed by atoms with Crippen molar-refractivity contribution in [1.29, 1.82) is 0 Å². The predicted octanol–water partition coefficient (Wildman–Crippen LogP) is 5.10. The van der Waals surface area contributed by atoms with Crippen LogP contribution in [0.4, 0.5) is 20.2 Å². The second-order valence-electron chi connectivity index (χ2n) is 5.05. The fraction of sp³-hybridized carbons (Fsp3) is 0.278. The summed E-state index contributed by atoms with van der Waals surface area (Å²) in [5, 5.41) is 2.70. The van der Waals surface area contributed by atoms with Gasteiger partial charge in [0.1, 0.15) is 0 Å². The number of para-hydroxylation sites is 1. The van der Waals surface area contributed by atoms with Gasteiger partial charge in [-0.1, -0.05) is 23.9 Å². The Hall–Kier alpha value is -2.08. The zero-order chi connectivity index (χ0) is 17.5. The number of halogens is 2. The van der Waals surface area contributed by atoms with E-state index in [4.69, 9.17) is 0 Å². The Labute approximate surface area is 145 Å². The van der Waals surface area contributed by atoms with Gasteiger partial charge in [-0.15, -0.1) is 0 Å². The minimum atomic E-state index is -2.53. The first-order valence-electron chi connectivity index (χ1n) is 7.75. The Morgan fingerprint density at radius 1 is 1.08 bits per heavy atom. The van der Waals surface area contributed by atoms with Gasteiger partial charge >= 0.3 is 0 Å². The molecule has 0 saturated heterocycles. The molecule has 0 aliphatic rings. The number of hydrogen-bond donors (Lipinski definition) is 1. The van der Waals surface area contributed by atoms with Crippen molar-refractivity contribution in [1.82, 2.24) is 0 Å². The van der Waals surface area contributed by atoms with E-state index < -0.39 is 5.76 Å². The molecule has 0 unspecified atom stereocenters. The van der Waals surface area contributed by atoms with Crippen LogP contribution in [0.3, 0.4) is 0 Å². The van der Waals surface area contributed by atoms with E-state index in [2.05, 4.69) is 24.1 Å².